The van der Waals surface area contributed by atoms with Gasteiger partial charge in [0.2, 0.25) is 0 Å². The van der Waals surface area contributed by atoms with Crippen LogP contribution >= 0.6 is 0 Å². The fourth-order valence-corrected chi connectivity index (χ4v) is 3.27. The first-order valence-corrected chi connectivity index (χ1v) is 7.34. The number of amides is 2. The van der Waals surface area contributed by atoms with E-state index in [1.54, 1.807) is 12.1 Å². The van der Waals surface area contributed by atoms with E-state index in [2.05, 4.69) is 10.6 Å². The van der Waals surface area contributed by atoms with Gasteiger partial charge in [0.25, 0.3) is 5.69 Å². The van der Waals surface area contributed by atoms with E-state index in [4.69, 9.17) is 0 Å². The number of ketones is 1. The van der Waals surface area contributed by atoms with Gasteiger partial charge < -0.3 is 10.6 Å². The van der Waals surface area contributed by atoms with Crippen molar-refractivity contribution in [2.45, 2.75) is 26.3 Å². The van der Waals surface area contributed by atoms with Gasteiger partial charge in [0.05, 0.1) is 16.9 Å². The largest absolute Gasteiger partial charge is 0.330 e. The molecule has 7 nitrogen and oxygen atoms in total. The Labute approximate surface area is 132 Å². The first kappa shape index (κ1) is 15.2. The number of non-ortho nitro benzene ring substituents is 1. The molecule has 1 aromatic rings. The second-order valence-corrected chi connectivity index (χ2v) is 6.64. The Bertz CT molecular complexity index is 739. The van der Waals surface area contributed by atoms with E-state index < -0.39 is 22.9 Å². The van der Waals surface area contributed by atoms with Gasteiger partial charge >= 0.3 is 6.03 Å². The number of hydrogen-bond donors (Lipinski definition) is 2. The topological polar surface area (TPSA) is 101 Å². The lowest BCUT2D eigenvalue weighted by molar-refractivity contribution is -0.384. The van der Waals surface area contributed by atoms with Crippen LogP contribution in [-0.4, -0.2) is 16.7 Å². The van der Waals surface area contributed by atoms with E-state index in [1.165, 1.54) is 12.1 Å². The van der Waals surface area contributed by atoms with Crippen LogP contribution in [0.5, 0.6) is 0 Å². The van der Waals surface area contributed by atoms with Crippen molar-refractivity contribution in [1.29, 1.82) is 0 Å². The second kappa shape index (κ2) is 5.19. The number of carbonyl (C=O) groups is 2. The molecule has 7 heteroatoms. The first-order chi connectivity index (χ1) is 10.8. The highest BCUT2D eigenvalue weighted by atomic mass is 16.6. The zero-order valence-corrected chi connectivity index (χ0v) is 12.8. The summed E-state index contributed by atoms with van der Waals surface area (Å²) in [4.78, 5) is 35.0. The molecule has 2 amide bonds. The molecule has 0 aromatic heterocycles. The lowest BCUT2D eigenvalue weighted by Gasteiger charge is -2.40. The van der Waals surface area contributed by atoms with Crippen LogP contribution in [0.4, 0.5) is 10.5 Å². The maximum Gasteiger partial charge on any atom is 0.319 e. The molecule has 23 heavy (non-hydrogen) atoms. The van der Waals surface area contributed by atoms with Crippen molar-refractivity contribution in [2.24, 2.45) is 11.3 Å². The molecule has 1 fully saturated rings. The third-order valence-corrected chi connectivity index (χ3v) is 4.18. The minimum Gasteiger partial charge on any atom is -0.330 e. The first-order valence-electron chi connectivity index (χ1n) is 7.34. The number of fused-ring (bicyclic) bond motifs is 1. The van der Waals surface area contributed by atoms with E-state index in [1.807, 2.05) is 19.9 Å². The standard InChI is InChI=1S/C16H17N3O4/c1-16(2)7-11-13(12(20)8-16)14(18-15(21)17-11)9-4-3-5-10(6-9)19(22)23/h3-7,13-14H,8H2,1-2H3,(H2,17,18,21)/t13-,14+/m0/s1. The van der Waals surface area contributed by atoms with E-state index in [-0.39, 0.29) is 16.9 Å². The van der Waals surface area contributed by atoms with Gasteiger partial charge in [0, 0.05) is 24.3 Å². The fraction of sp³-hybridized carbons (Fsp3) is 0.375. The molecule has 1 aliphatic carbocycles. The Hall–Kier alpha value is -2.70. The average Bonchev–Trinajstić information content (AvgIpc) is 2.44. The molecule has 0 unspecified atom stereocenters. The predicted molar refractivity (Wildman–Crippen MR) is 82.5 cm³/mol. The SMILES string of the molecule is CC1(C)C=C2NC(=O)N[C@H](c3cccc([N+](=O)[O-])c3)[C@@H]2C(=O)C1. The van der Waals surface area contributed by atoms with Gasteiger partial charge in [-0.2, -0.15) is 0 Å². The van der Waals surface area contributed by atoms with Crippen molar-refractivity contribution in [3.8, 4) is 0 Å². The number of hydrogen-bond acceptors (Lipinski definition) is 4. The van der Waals surface area contributed by atoms with Crippen LogP contribution in [0.3, 0.4) is 0 Å². The molecule has 1 heterocycles. The lowest BCUT2D eigenvalue weighted by Crippen LogP contribution is -2.53. The lowest BCUT2D eigenvalue weighted by atomic mass is 9.72. The van der Waals surface area contributed by atoms with Crippen molar-refractivity contribution >= 4 is 17.5 Å². The Morgan fingerprint density at radius 1 is 1.30 bits per heavy atom. The smallest absolute Gasteiger partial charge is 0.319 e. The zero-order chi connectivity index (χ0) is 16.8. The molecular weight excluding hydrogens is 298 g/mol. The maximum absolute atomic E-state index is 12.6. The van der Waals surface area contributed by atoms with Gasteiger partial charge in [-0.05, 0) is 11.0 Å². The van der Waals surface area contributed by atoms with Gasteiger partial charge in [-0.25, -0.2) is 4.79 Å². The van der Waals surface area contributed by atoms with E-state index in [0.29, 0.717) is 17.7 Å². The van der Waals surface area contributed by atoms with E-state index >= 15 is 0 Å². The van der Waals surface area contributed by atoms with E-state index in [0.717, 1.165) is 0 Å². The molecule has 1 saturated heterocycles. The van der Waals surface area contributed by atoms with Gasteiger partial charge in [-0.1, -0.05) is 32.1 Å². The Balaban J connectivity index is 2.05. The van der Waals surface area contributed by atoms with Crippen molar-refractivity contribution in [3.63, 3.8) is 0 Å². The van der Waals surface area contributed by atoms with Crippen molar-refractivity contribution in [2.75, 3.05) is 0 Å². The number of rotatable bonds is 2. The maximum atomic E-state index is 12.6. The second-order valence-electron chi connectivity index (χ2n) is 6.64. The van der Waals surface area contributed by atoms with Crippen LogP contribution in [0, 0.1) is 21.4 Å². The molecule has 2 atom stereocenters. The number of allylic oxidation sites excluding steroid dienone is 1. The number of carbonyl (C=O) groups excluding carboxylic acids is 2. The molecule has 2 aliphatic rings. The Morgan fingerprint density at radius 2 is 2.04 bits per heavy atom. The summed E-state index contributed by atoms with van der Waals surface area (Å²) < 4.78 is 0. The quantitative estimate of drug-likeness (QED) is 0.646. The molecule has 0 saturated carbocycles. The summed E-state index contributed by atoms with van der Waals surface area (Å²) in [5, 5.41) is 16.4. The number of Topliss-reactive ketones (excluding diaryl/α,β-unsaturated/α-hetero) is 1. The summed E-state index contributed by atoms with van der Waals surface area (Å²) in [6.45, 7) is 3.87. The van der Waals surface area contributed by atoms with Crippen LogP contribution in [-0.2, 0) is 4.79 Å². The molecule has 1 aliphatic heterocycles. The molecular formula is C16H17N3O4. The number of nitro benzene ring substituents is 1. The van der Waals surface area contributed by atoms with Crippen LogP contribution in [0.1, 0.15) is 31.9 Å². The number of nitrogens with zero attached hydrogens (tertiary/aromatic N) is 1. The molecule has 0 radical (unpaired) electrons. The average molecular weight is 315 g/mol. The van der Waals surface area contributed by atoms with Crippen LogP contribution < -0.4 is 10.6 Å². The number of nitrogens with one attached hydrogen (secondary N) is 2. The summed E-state index contributed by atoms with van der Waals surface area (Å²) in [7, 11) is 0. The van der Waals surface area contributed by atoms with Gasteiger partial charge in [0.15, 0.2) is 0 Å². The highest BCUT2D eigenvalue weighted by molar-refractivity contribution is 5.91. The number of benzene rings is 1. The molecule has 3 rings (SSSR count). The molecule has 2 N–H and O–H groups in total. The highest BCUT2D eigenvalue weighted by Gasteiger charge is 2.43. The van der Waals surface area contributed by atoms with Crippen molar-refractivity contribution < 1.29 is 14.5 Å². The summed E-state index contributed by atoms with van der Waals surface area (Å²) in [6, 6.07) is 5.03. The predicted octanol–water partition coefficient (Wildman–Crippen LogP) is 2.45. The molecule has 120 valence electrons. The van der Waals surface area contributed by atoms with Crippen molar-refractivity contribution in [1.82, 2.24) is 10.6 Å². The van der Waals surface area contributed by atoms with Crippen LogP contribution in [0.15, 0.2) is 36.0 Å². The molecule has 0 spiro atoms. The summed E-state index contributed by atoms with van der Waals surface area (Å²) in [5.41, 5.74) is 0.745. The zero-order valence-electron chi connectivity index (χ0n) is 12.8. The van der Waals surface area contributed by atoms with Crippen LogP contribution in [0.2, 0.25) is 0 Å². The van der Waals surface area contributed by atoms with Gasteiger partial charge in [0.1, 0.15) is 5.78 Å². The number of urea groups is 1. The minimum atomic E-state index is -0.599. The van der Waals surface area contributed by atoms with E-state index in [9.17, 15) is 19.7 Å². The van der Waals surface area contributed by atoms with Gasteiger partial charge in [-0.15, -0.1) is 0 Å². The Kier molecular flexibility index (Phi) is 3.43. The molecule has 0 bridgehead atoms. The summed E-state index contributed by atoms with van der Waals surface area (Å²) >= 11 is 0. The third-order valence-electron chi connectivity index (χ3n) is 4.18. The normalized spacial score (nSPS) is 25.7. The van der Waals surface area contributed by atoms with Crippen LogP contribution in [0.25, 0.3) is 0 Å². The monoisotopic (exact) mass is 315 g/mol. The fourth-order valence-electron chi connectivity index (χ4n) is 3.27. The number of nitro groups is 1. The Morgan fingerprint density at radius 3 is 2.74 bits per heavy atom. The summed E-state index contributed by atoms with van der Waals surface area (Å²) in [6.07, 6.45) is 2.27. The highest BCUT2D eigenvalue weighted by Crippen LogP contribution is 2.41. The third kappa shape index (κ3) is 2.81. The molecule has 1 aromatic carbocycles. The summed E-state index contributed by atoms with van der Waals surface area (Å²) in [5.74, 6) is -0.528. The minimum absolute atomic E-state index is 0.0107. The van der Waals surface area contributed by atoms with Crippen molar-refractivity contribution in [3.05, 3.63) is 51.7 Å². The van der Waals surface area contributed by atoms with Gasteiger partial charge in [-0.3, -0.25) is 14.9 Å².